The van der Waals surface area contributed by atoms with Gasteiger partial charge in [0, 0.05) is 12.5 Å². The van der Waals surface area contributed by atoms with Gasteiger partial charge in [0.2, 0.25) is 0 Å². The minimum absolute atomic E-state index is 0.0544. The van der Waals surface area contributed by atoms with Gasteiger partial charge < -0.3 is 19.3 Å². The number of phenolic OH excluding ortho intramolecular Hbond substituents is 1. The Morgan fingerprint density at radius 1 is 0.750 bits per heavy atom. The SMILES string of the molecule is C=CC(=O)Oc1ccc(CCC(=O)Oc2ccc(OC(=O)c3ccc(O)cc3)cc2)cc1. The minimum Gasteiger partial charge on any atom is -0.508 e. The van der Waals surface area contributed by atoms with Crippen LogP contribution in [0.2, 0.25) is 0 Å². The third-order valence-corrected chi connectivity index (χ3v) is 4.30. The van der Waals surface area contributed by atoms with Crippen molar-refractivity contribution < 1.29 is 33.7 Å². The molecule has 162 valence electrons. The third kappa shape index (κ3) is 6.56. The zero-order valence-corrected chi connectivity index (χ0v) is 17.0. The highest BCUT2D eigenvalue weighted by Crippen LogP contribution is 2.20. The van der Waals surface area contributed by atoms with Crippen molar-refractivity contribution in [2.75, 3.05) is 0 Å². The minimum atomic E-state index is -0.569. The Labute approximate surface area is 184 Å². The first-order valence-electron chi connectivity index (χ1n) is 9.68. The molecule has 7 nitrogen and oxygen atoms in total. The first-order chi connectivity index (χ1) is 15.4. The number of hydrogen-bond acceptors (Lipinski definition) is 7. The lowest BCUT2D eigenvalue weighted by atomic mass is 10.1. The second kappa shape index (κ2) is 10.6. The van der Waals surface area contributed by atoms with E-state index in [1.807, 2.05) is 0 Å². The van der Waals surface area contributed by atoms with Gasteiger partial charge in [0.25, 0.3) is 0 Å². The average Bonchev–Trinajstić information content (AvgIpc) is 2.80. The van der Waals surface area contributed by atoms with Crippen LogP contribution in [0, 0.1) is 0 Å². The van der Waals surface area contributed by atoms with Gasteiger partial charge in [0.1, 0.15) is 23.0 Å². The second-order valence-corrected chi connectivity index (χ2v) is 6.65. The molecule has 0 unspecified atom stereocenters. The van der Waals surface area contributed by atoms with Gasteiger partial charge in [-0.2, -0.15) is 0 Å². The molecule has 0 atom stereocenters. The van der Waals surface area contributed by atoms with Crippen molar-refractivity contribution in [3.05, 3.63) is 96.6 Å². The standard InChI is InChI=1S/C25H20O7/c1-2-23(27)30-20-10-3-17(4-11-20)5-16-24(28)31-21-12-14-22(15-13-21)32-25(29)18-6-8-19(26)9-7-18/h2-4,6-15,26H,1,5,16H2. The van der Waals surface area contributed by atoms with Crippen LogP contribution < -0.4 is 14.2 Å². The normalized spacial score (nSPS) is 10.1. The van der Waals surface area contributed by atoms with E-state index in [4.69, 9.17) is 14.2 Å². The van der Waals surface area contributed by atoms with Gasteiger partial charge in [-0.3, -0.25) is 4.79 Å². The molecule has 0 amide bonds. The highest BCUT2D eigenvalue weighted by molar-refractivity contribution is 5.91. The molecule has 0 radical (unpaired) electrons. The topological polar surface area (TPSA) is 99.1 Å². The van der Waals surface area contributed by atoms with Crippen LogP contribution in [0.15, 0.2) is 85.5 Å². The molecular formula is C25H20O7. The Morgan fingerprint density at radius 3 is 1.88 bits per heavy atom. The maximum Gasteiger partial charge on any atom is 0.343 e. The number of rotatable bonds is 8. The number of carbonyl (C=O) groups is 3. The van der Waals surface area contributed by atoms with Crippen molar-refractivity contribution in [2.24, 2.45) is 0 Å². The van der Waals surface area contributed by atoms with E-state index < -0.39 is 17.9 Å². The molecule has 0 aromatic heterocycles. The Balaban J connectivity index is 1.47. The quantitative estimate of drug-likeness (QED) is 0.323. The highest BCUT2D eigenvalue weighted by Gasteiger charge is 2.10. The summed E-state index contributed by atoms with van der Waals surface area (Å²) < 4.78 is 15.5. The Hall–Kier alpha value is -4.39. The third-order valence-electron chi connectivity index (χ3n) is 4.30. The summed E-state index contributed by atoms with van der Waals surface area (Å²) in [5, 5.41) is 9.27. The molecule has 0 saturated heterocycles. The van der Waals surface area contributed by atoms with E-state index >= 15 is 0 Å². The molecule has 3 rings (SSSR count). The fourth-order valence-electron chi connectivity index (χ4n) is 2.65. The van der Waals surface area contributed by atoms with E-state index in [0.717, 1.165) is 11.6 Å². The maximum absolute atomic E-state index is 12.1. The summed E-state index contributed by atoms with van der Waals surface area (Å²) in [6.45, 7) is 3.33. The van der Waals surface area contributed by atoms with Crippen LogP contribution in [-0.2, 0) is 16.0 Å². The first-order valence-corrected chi connectivity index (χ1v) is 9.68. The van der Waals surface area contributed by atoms with Gasteiger partial charge in [0.05, 0.1) is 5.56 Å². The number of ether oxygens (including phenoxy) is 3. The summed E-state index contributed by atoms with van der Waals surface area (Å²) in [5.74, 6) is -0.457. The van der Waals surface area contributed by atoms with Gasteiger partial charge in [-0.1, -0.05) is 18.7 Å². The fraction of sp³-hybridized carbons (Fsp3) is 0.0800. The lowest BCUT2D eigenvalue weighted by Crippen LogP contribution is -2.10. The van der Waals surface area contributed by atoms with E-state index in [0.29, 0.717) is 29.2 Å². The first kappa shape index (κ1) is 22.3. The summed E-state index contributed by atoms with van der Waals surface area (Å²) in [5.41, 5.74) is 1.18. The zero-order valence-electron chi connectivity index (χ0n) is 17.0. The van der Waals surface area contributed by atoms with E-state index in [1.54, 1.807) is 24.3 Å². The van der Waals surface area contributed by atoms with Gasteiger partial charge >= 0.3 is 17.9 Å². The monoisotopic (exact) mass is 432 g/mol. The van der Waals surface area contributed by atoms with Crippen molar-refractivity contribution >= 4 is 17.9 Å². The largest absolute Gasteiger partial charge is 0.508 e. The summed E-state index contributed by atoms with van der Waals surface area (Å²) in [6, 6.07) is 18.6. The molecule has 0 heterocycles. The van der Waals surface area contributed by atoms with E-state index in [9.17, 15) is 19.5 Å². The molecule has 32 heavy (non-hydrogen) atoms. The maximum atomic E-state index is 12.1. The van der Waals surface area contributed by atoms with Crippen molar-refractivity contribution in [3.63, 3.8) is 0 Å². The van der Waals surface area contributed by atoms with Crippen LogP contribution in [0.25, 0.3) is 0 Å². The molecular weight excluding hydrogens is 412 g/mol. The zero-order chi connectivity index (χ0) is 22.9. The lowest BCUT2D eigenvalue weighted by molar-refractivity contribution is -0.134. The fourth-order valence-corrected chi connectivity index (χ4v) is 2.65. The molecule has 7 heteroatoms. The van der Waals surface area contributed by atoms with E-state index in [2.05, 4.69) is 6.58 Å². The van der Waals surface area contributed by atoms with Crippen LogP contribution in [0.4, 0.5) is 0 Å². The van der Waals surface area contributed by atoms with Crippen LogP contribution >= 0.6 is 0 Å². The van der Waals surface area contributed by atoms with Gasteiger partial charge in [0.15, 0.2) is 0 Å². The summed E-state index contributed by atoms with van der Waals surface area (Å²) >= 11 is 0. The lowest BCUT2D eigenvalue weighted by Gasteiger charge is -2.07. The smallest absolute Gasteiger partial charge is 0.343 e. The molecule has 3 aromatic rings. The molecule has 3 aromatic carbocycles. The molecule has 0 spiro atoms. The van der Waals surface area contributed by atoms with Gasteiger partial charge in [-0.15, -0.1) is 0 Å². The molecule has 0 saturated carbocycles. The Kier molecular flexibility index (Phi) is 7.37. The number of aromatic hydroxyl groups is 1. The molecule has 0 bridgehead atoms. The average molecular weight is 432 g/mol. The summed E-state index contributed by atoms with van der Waals surface area (Å²) in [6.07, 6.45) is 1.69. The van der Waals surface area contributed by atoms with Crippen molar-refractivity contribution in [2.45, 2.75) is 12.8 Å². The molecule has 0 fully saturated rings. The second-order valence-electron chi connectivity index (χ2n) is 6.65. The van der Waals surface area contributed by atoms with Crippen molar-refractivity contribution in [1.82, 2.24) is 0 Å². The summed E-state index contributed by atoms with van der Waals surface area (Å²) in [4.78, 5) is 35.4. The van der Waals surface area contributed by atoms with Crippen LogP contribution in [0.5, 0.6) is 23.0 Å². The van der Waals surface area contributed by atoms with Gasteiger partial charge in [-0.25, -0.2) is 9.59 Å². The number of phenols is 1. The number of carbonyl (C=O) groups excluding carboxylic acids is 3. The number of benzene rings is 3. The molecule has 1 N–H and O–H groups in total. The highest BCUT2D eigenvalue weighted by atomic mass is 16.5. The number of hydrogen-bond donors (Lipinski definition) is 1. The van der Waals surface area contributed by atoms with E-state index in [1.165, 1.54) is 48.5 Å². The summed E-state index contributed by atoms with van der Waals surface area (Å²) in [7, 11) is 0. The van der Waals surface area contributed by atoms with Crippen molar-refractivity contribution in [3.8, 4) is 23.0 Å². The number of esters is 3. The molecule has 0 aliphatic heterocycles. The predicted octanol–water partition coefficient (Wildman–Crippen LogP) is 4.24. The van der Waals surface area contributed by atoms with E-state index in [-0.39, 0.29) is 12.2 Å². The molecule has 0 aliphatic carbocycles. The molecule has 0 aliphatic rings. The Bertz CT molecular complexity index is 1100. The van der Waals surface area contributed by atoms with Crippen LogP contribution in [0.1, 0.15) is 22.3 Å². The number of aryl methyl sites for hydroxylation is 1. The van der Waals surface area contributed by atoms with Crippen LogP contribution in [-0.4, -0.2) is 23.0 Å². The van der Waals surface area contributed by atoms with Crippen molar-refractivity contribution in [1.29, 1.82) is 0 Å². The van der Waals surface area contributed by atoms with Gasteiger partial charge in [-0.05, 0) is 72.6 Å². The van der Waals surface area contributed by atoms with Crippen LogP contribution in [0.3, 0.4) is 0 Å². The Morgan fingerprint density at radius 2 is 1.28 bits per heavy atom. The predicted molar refractivity (Wildman–Crippen MR) is 116 cm³/mol.